The number of alkyl halides is 4. The molecule has 0 spiro atoms. The van der Waals surface area contributed by atoms with Crippen LogP contribution in [-0.4, -0.2) is 22.2 Å². The predicted octanol–water partition coefficient (Wildman–Crippen LogP) is 2.87. The fourth-order valence-electron chi connectivity index (χ4n) is 1.42. The third kappa shape index (κ3) is 3.57. The highest BCUT2D eigenvalue weighted by atomic mass is 35.5. The molecule has 0 saturated carbocycles. The fraction of sp³-hybridized carbons (Fsp3) is 0.455. The van der Waals surface area contributed by atoms with Gasteiger partial charge >= 0.3 is 6.18 Å². The first-order chi connectivity index (χ1) is 8.27. The zero-order valence-electron chi connectivity index (χ0n) is 9.09. The molecule has 0 aliphatic heterocycles. The Kier molecular flexibility index (Phi) is 4.95. The normalized spacial score (nSPS) is 15.5. The third-order valence-electron chi connectivity index (χ3n) is 2.42. The van der Waals surface area contributed by atoms with Crippen LogP contribution >= 0.6 is 11.6 Å². The summed E-state index contributed by atoms with van der Waals surface area (Å²) in [7, 11) is 0. The summed E-state index contributed by atoms with van der Waals surface area (Å²) in [4.78, 5) is 0. The van der Waals surface area contributed by atoms with Gasteiger partial charge in [0, 0.05) is 11.4 Å². The minimum absolute atomic E-state index is 0.00316. The summed E-state index contributed by atoms with van der Waals surface area (Å²) in [6.45, 7) is 0. The molecule has 0 saturated heterocycles. The average Bonchev–Trinajstić information content (AvgIpc) is 2.27. The van der Waals surface area contributed by atoms with Crippen molar-refractivity contribution in [1.29, 1.82) is 0 Å². The number of aliphatic hydroxyl groups excluding tert-OH is 2. The van der Waals surface area contributed by atoms with Gasteiger partial charge in [0.05, 0.1) is 11.7 Å². The molecule has 1 rings (SSSR count). The smallest absolute Gasteiger partial charge is 0.390 e. The van der Waals surface area contributed by atoms with E-state index in [2.05, 4.69) is 0 Å². The van der Waals surface area contributed by atoms with Gasteiger partial charge < -0.3 is 10.2 Å². The second kappa shape index (κ2) is 5.86. The Morgan fingerprint density at radius 3 is 2.28 bits per heavy atom. The minimum atomic E-state index is -4.65. The second-order valence-corrected chi connectivity index (χ2v) is 4.10. The van der Waals surface area contributed by atoms with Crippen molar-refractivity contribution >= 4 is 11.6 Å². The van der Waals surface area contributed by atoms with Crippen molar-refractivity contribution in [3.8, 4) is 0 Å². The van der Waals surface area contributed by atoms with Gasteiger partial charge in [-0.05, 0) is 18.6 Å². The van der Waals surface area contributed by atoms with Crippen molar-refractivity contribution in [2.24, 2.45) is 0 Å². The molecule has 0 fully saturated rings. The largest absolute Gasteiger partial charge is 0.416 e. The van der Waals surface area contributed by atoms with Crippen LogP contribution in [0.25, 0.3) is 0 Å². The predicted molar refractivity (Wildman–Crippen MR) is 57.7 cm³/mol. The maximum atomic E-state index is 13.4. The lowest BCUT2D eigenvalue weighted by atomic mass is 10.0. The molecule has 2 atom stereocenters. The van der Waals surface area contributed by atoms with E-state index in [4.69, 9.17) is 11.6 Å². The highest BCUT2D eigenvalue weighted by Gasteiger charge is 2.32. The molecule has 0 bridgehead atoms. The summed E-state index contributed by atoms with van der Waals surface area (Å²) >= 11 is 5.34. The lowest BCUT2D eigenvalue weighted by molar-refractivity contribution is -0.137. The van der Waals surface area contributed by atoms with Crippen LogP contribution in [0.5, 0.6) is 0 Å². The summed E-state index contributed by atoms with van der Waals surface area (Å²) in [6.07, 6.45) is -7.58. The molecule has 1 aromatic carbocycles. The van der Waals surface area contributed by atoms with Crippen molar-refractivity contribution in [1.82, 2.24) is 0 Å². The summed E-state index contributed by atoms with van der Waals surface area (Å²) < 4.78 is 50.3. The number of hydrogen-bond acceptors (Lipinski definition) is 2. The molecule has 7 heteroatoms. The number of hydrogen-bond donors (Lipinski definition) is 2. The van der Waals surface area contributed by atoms with Crippen LogP contribution in [0.3, 0.4) is 0 Å². The van der Waals surface area contributed by atoms with E-state index in [1.54, 1.807) is 0 Å². The molecule has 1 aromatic rings. The Balaban J connectivity index is 2.99. The van der Waals surface area contributed by atoms with Gasteiger partial charge in [-0.2, -0.15) is 13.2 Å². The Bertz CT molecular complexity index is 409. The molecule has 0 heterocycles. The molecular formula is C11H11ClF4O2. The summed E-state index contributed by atoms with van der Waals surface area (Å²) in [5, 5.41) is 19.0. The van der Waals surface area contributed by atoms with E-state index < -0.39 is 29.8 Å². The number of benzene rings is 1. The first-order valence-electron chi connectivity index (χ1n) is 5.06. The Hall–Kier alpha value is -0.850. The topological polar surface area (TPSA) is 40.5 Å². The summed E-state index contributed by atoms with van der Waals surface area (Å²) in [5.74, 6) is -1.17. The second-order valence-electron chi connectivity index (χ2n) is 3.72. The van der Waals surface area contributed by atoms with Gasteiger partial charge in [-0.25, -0.2) is 4.39 Å². The lowest BCUT2D eigenvalue weighted by Crippen LogP contribution is -2.20. The van der Waals surface area contributed by atoms with E-state index in [-0.39, 0.29) is 23.9 Å². The van der Waals surface area contributed by atoms with E-state index in [0.717, 1.165) is 6.07 Å². The Morgan fingerprint density at radius 1 is 1.22 bits per heavy atom. The van der Waals surface area contributed by atoms with Gasteiger partial charge in [0.25, 0.3) is 0 Å². The maximum absolute atomic E-state index is 13.4. The van der Waals surface area contributed by atoms with Gasteiger partial charge in [-0.1, -0.05) is 6.07 Å². The van der Waals surface area contributed by atoms with E-state index in [1.165, 1.54) is 0 Å². The third-order valence-corrected chi connectivity index (χ3v) is 2.63. The van der Waals surface area contributed by atoms with Crippen molar-refractivity contribution in [2.75, 3.05) is 5.88 Å². The molecule has 2 unspecified atom stereocenters. The van der Waals surface area contributed by atoms with E-state index in [1.807, 2.05) is 0 Å². The Labute approximate surface area is 106 Å². The van der Waals surface area contributed by atoms with Crippen LogP contribution in [0.2, 0.25) is 0 Å². The number of halogens is 5. The SMILES string of the molecule is OC(CCCl)C(O)c1ccc(C(F)(F)F)cc1F. The van der Waals surface area contributed by atoms with Crippen molar-refractivity contribution in [2.45, 2.75) is 24.8 Å². The van der Waals surface area contributed by atoms with E-state index >= 15 is 0 Å². The highest BCUT2D eigenvalue weighted by molar-refractivity contribution is 6.17. The highest BCUT2D eigenvalue weighted by Crippen LogP contribution is 2.32. The van der Waals surface area contributed by atoms with Crippen LogP contribution < -0.4 is 0 Å². The first kappa shape index (κ1) is 15.2. The van der Waals surface area contributed by atoms with Crippen LogP contribution in [0.4, 0.5) is 17.6 Å². The molecule has 0 aliphatic rings. The van der Waals surface area contributed by atoms with Crippen molar-refractivity contribution in [3.05, 3.63) is 35.1 Å². The van der Waals surface area contributed by atoms with Crippen molar-refractivity contribution in [3.63, 3.8) is 0 Å². The zero-order chi connectivity index (χ0) is 13.9. The molecule has 102 valence electrons. The quantitative estimate of drug-likeness (QED) is 0.660. The van der Waals surface area contributed by atoms with Crippen LogP contribution in [0.15, 0.2) is 18.2 Å². The molecular weight excluding hydrogens is 276 g/mol. The van der Waals surface area contributed by atoms with Gasteiger partial charge in [0.15, 0.2) is 0 Å². The molecule has 18 heavy (non-hydrogen) atoms. The van der Waals surface area contributed by atoms with Gasteiger partial charge in [0.2, 0.25) is 0 Å². The monoisotopic (exact) mass is 286 g/mol. The van der Waals surface area contributed by atoms with Gasteiger partial charge in [-0.15, -0.1) is 11.6 Å². The lowest BCUT2D eigenvalue weighted by Gasteiger charge is -2.18. The van der Waals surface area contributed by atoms with Crippen LogP contribution in [-0.2, 0) is 6.18 Å². The molecule has 0 radical (unpaired) electrons. The zero-order valence-corrected chi connectivity index (χ0v) is 9.84. The first-order valence-corrected chi connectivity index (χ1v) is 5.59. The van der Waals surface area contributed by atoms with Crippen molar-refractivity contribution < 1.29 is 27.8 Å². The average molecular weight is 287 g/mol. The molecule has 0 aliphatic carbocycles. The van der Waals surface area contributed by atoms with Gasteiger partial charge in [-0.3, -0.25) is 0 Å². The summed E-state index contributed by atoms with van der Waals surface area (Å²) in [6, 6.07) is 1.74. The standard InChI is InChI=1S/C11H11ClF4O2/c12-4-3-9(17)10(18)7-2-1-6(5-8(7)13)11(14,15)16/h1-2,5,9-10,17-18H,3-4H2. The van der Waals surface area contributed by atoms with Crippen LogP contribution in [0, 0.1) is 5.82 Å². The van der Waals surface area contributed by atoms with E-state index in [9.17, 15) is 27.8 Å². The summed E-state index contributed by atoms with van der Waals surface area (Å²) in [5.41, 5.74) is -1.54. The fourth-order valence-corrected chi connectivity index (χ4v) is 1.64. The van der Waals surface area contributed by atoms with E-state index in [0.29, 0.717) is 6.07 Å². The van der Waals surface area contributed by atoms with Crippen LogP contribution in [0.1, 0.15) is 23.7 Å². The Morgan fingerprint density at radius 2 is 1.83 bits per heavy atom. The van der Waals surface area contributed by atoms with Gasteiger partial charge in [0.1, 0.15) is 11.9 Å². The maximum Gasteiger partial charge on any atom is 0.416 e. The molecule has 2 nitrogen and oxygen atoms in total. The molecule has 0 aromatic heterocycles. The minimum Gasteiger partial charge on any atom is -0.390 e. The number of aliphatic hydroxyl groups is 2. The molecule has 2 N–H and O–H groups in total. The molecule has 0 amide bonds. The number of rotatable bonds is 4.